The predicted molar refractivity (Wildman–Crippen MR) is 73.1 cm³/mol. The fourth-order valence-electron chi connectivity index (χ4n) is 2.59. The number of aliphatic hydroxyl groups is 1. The Labute approximate surface area is 111 Å². The quantitative estimate of drug-likeness (QED) is 0.754. The molecule has 4 heteroatoms. The largest absolute Gasteiger partial charge is 0.393 e. The lowest BCUT2D eigenvalue weighted by Gasteiger charge is -2.33. The number of amides is 1. The van der Waals surface area contributed by atoms with Gasteiger partial charge in [0.25, 0.3) is 0 Å². The fourth-order valence-corrected chi connectivity index (χ4v) is 2.59. The van der Waals surface area contributed by atoms with Crippen molar-refractivity contribution in [2.75, 3.05) is 19.6 Å². The molecule has 3 N–H and O–H groups in total. The minimum Gasteiger partial charge on any atom is -0.393 e. The van der Waals surface area contributed by atoms with Crippen molar-refractivity contribution in [2.24, 2.45) is 17.6 Å². The third kappa shape index (κ3) is 4.94. The number of aliphatic hydroxyl groups excluding tert-OH is 1. The molecular formula is C14H28N2O2. The fraction of sp³-hybridized carbons (Fsp3) is 0.929. The molecule has 1 aliphatic heterocycles. The van der Waals surface area contributed by atoms with Gasteiger partial charge in [-0.3, -0.25) is 4.79 Å². The lowest BCUT2D eigenvalue weighted by molar-refractivity contribution is -0.133. The number of rotatable bonds is 6. The van der Waals surface area contributed by atoms with Crippen LogP contribution >= 0.6 is 0 Å². The maximum Gasteiger partial charge on any atom is 0.222 e. The molecule has 0 aromatic carbocycles. The van der Waals surface area contributed by atoms with Crippen molar-refractivity contribution >= 4 is 5.91 Å². The minimum absolute atomic E-state index is 0.244. The molecule has 0 aromatic heterocycles. The summed E-state index contributed by atoms with van der Waals surface area (Å²) in [5.41, 5.74) is 5.50. The summed E-state index contributed by atoms with van der Waals surface area (Å²) >= 11 is 0. The van der Waals surface area contributed by atoms with Crippen LogP contribution in [0.25, 0.3) is 0 Å². The number of carbonyl (C=O) groups is 1. The van der Waals surface area contributed by atoms with Crippen molar-refractivity contribution in [3.8, 4) is 0 Å². The summed E-state index contributed by atoms with van der Waals surface area (Å²) in [6, 6.07) is 0. The average molecular weight is 256 g/mol. The second-order valence-electron chi connectivity index (χ2n) is 5.68. The number of hydrogen-bond acceptors (Lipinski definition) is 3. The van der Waals surface area contributed by atoms with Gasteiger partial charge >= 0.3 is 0 Å². The molecule has 0 bridgehead atoms. The summed E-state index contributed by atoms with van der Waals surface area (Å²) in [6.07, 6.45) is 4.19. The molecule has 0 radical (unpaired) electrons. The van der Waals surface area contributed by atoms with Gasteiger partial charge in [0.05, 0.1) is 6.10 Å². The van der Waals surface area contributed by atoms with Gasteiger partial charge in [-0.15, -0.1) is 0 Å². The molecule has 0 aliphatic carbocycles. The average Bonchev–Trinajstić information content (AvgIpc) is 2.36. The van der Waals surface area contributed by atoms with Crippen molar-refractivity contribution in [1.29, 1.82) is 0 Å². The lowest BCUT2D eigenvalue weighted by atomic mass is 9.92. The van der Waals surface area contributed by atoms with Gasteiger partial charge in [0.15, 0.2) is 0 Å². The van der Waals surface area contributed by atoms with Crippen LogP contribution in [0.2, 0.25) is 0 Å². The van der Waals surface area contributed by atoms with Crippen LogP contribution in [0, 0.1) is 11.8 Å². The van der Waals surface area contributed by atoms with Gasteiger partial charge in [-0.2, -0.15) is 0 Å². The Morgan fingerprint density at radius 2 is 1.94 bits per heavy atom. The highest BCUT2D eigenvalue weighted by atomic mass is 16.3. The third-order valence-electron chi connectivity index (χ3n) is 4.09. The van der Waals surface area contributed by atoms with E-state index in [4.69, 9.17) is 5.73 Å². The van der Waals surface area contributed by atoms with E-state index in [2.05, 4.69) is 6.92 Å². The van der Waals surface area contributed by atoms with E-state index in [0.29, 0.717) is 24.8 Å². The molecular weight excluding hydrogens is 228 g/mol. The van der Waals surface area contributed by atoms with Gasteiger partial charge in [0.2, 0.25) is 5.91 Å². The van der Waals surface area contributed by atoms with Crippen LogP contribution in [0.1, 0.15) is 46.0 Å². The standard InChI is InChI=1S/C14H28N2O2/c1-11(5-8-15)3-4-14(18)16-9-6-13(7-10-16)12(2)17/h11-13,17H,3-10,15H2,1-2H3. The second-order valence-corrected chi connectivity index (χ2v) is 5.68. The first-order valence-electron chi connectivity index (χ1n) is 7.20. The van der Waals surface area contributed by atoms with Crippen molar-refractivity contribution in [3.63, 3.8) is 0 Å². The van der Waals surface area contributed by atoms with E-state index in [1.165, 1.54) is 0 Å². The van der Waals surface area contributed by atoms with Gasteiger partial charge in [-0.05, 0) is 51.0 Å². The molecule has 1 aliphatic rings. The Hall–Kier alpha value is -0.610. The molecule has 0 spiro atoms. The number of piperidine rings is 1. The molecule has 2 unspecified atom stereocenters. The van der Waals surface area contributed by atoms with Crippen LogP contribution in [0.15, 0.2) is 0 Å². The van der Waals surface area contributed by atoms with Crippen LogP contribution in [0.3, 0.4) is 0 Å². The highest BCUT2D eigenvalue weighted by Crippen LogP contribution is 2.21. The van der Waals surface area contributed by atoms with Crippen molar-refractivity contribution in [3.05, 3.63) is 0 Å². The van der Waals surface area contributed by atoms with E-state index in [0.717, 1.165) is 38.8 Å². The maximum atomic E-state index is 12.0. The van der Waals surface area contributed by atoms with Gasteiger partial charge < -0.3 is 15.7 Å². The number of hydrogen-bond donors (Lipinski definition) is 2. The smallest absolute Gasteiger partial charge is 0.222 e. The number of carbonyl (C=O) groups excluding carboxylic acids is 1. The Morgan fingerprint density at radius 3 is 2.44 bits per heavy atom. The summed E-state index contributed by atoms with van der Waals surface area (Å²) in [7, 11) is 0. The van der Waals surface area contributed by atoms with Gasteiger partial charge in [-0.1, -0.05) is 6.92 Å². The third-order valence-corrected chi connectivity index (χ3v) is 4.09. The second kappa shape index (κ2) is 7.74. The Balaban J connectivity index is 2.23. The molecule has 18 heavy (non-hydrogen) atoms. The SMILES string of the molecule is CC(CCN)CCC(=O)N1CCC(C(C)O)CC1. The monoisotopic (exact) mass is 256 g/mol. The molecule has 4 nitrogen and oxygen atoms in total. The first-order chi connectivity index (χ1) is 8.54. The first kappa shape index (κ1) is 15.4. The van der Waals surface area contributed by atoms with E-state index in [1.54, 1.807) is 0 Å². The Morgan fingerprint density at radius 1 is 1.33 bits per heavy atom. The highest BCUT2D eigenvalue weighted by Gasteiger charge is 2.25. The van der Waals surface area contributed by atoms with Gasteiger partial charge in [0, 0.05) is 19.5 Å². The van der Waals surface area contributed by atoms with E-state index in [9.17, 15) is 9.90 Å². The summed E-state index contributed by atoms with van der Waals surface area (Å²) in [5, 5.41) is 9.52. The normalized spacial score (nSPS) is 20.8. The summed E-state index contributed by atoms with van der Waals surface area (Å²) in [4.78, 5) is 14.0. The Bertz CT molecular complexity index is 248. The molecule has 0 saturated carbocycles. The van der Waals surface area contributed by atoms with Gasteiger partial charge in [-0.25, -0.2) is 0 Å². The first-order valence-corrected chi connectivity index (χ1v) is 7.20. The zero-order valence-electron chi connectivity index (χ0n) is 11.8. The van der Waals surface area contributed by atoms with Crippen LogP contribution in [0.4, 0.5) is 0 Å². The van der Waals surface area contributed by atoms with E-state index in [-0.39, 0.29) is 12.0 Å². The van der Waals surface area contributed by atoms with E-state index < -0.39 is 0 Å². The van der Waals surface area contributed by atoms with Crippen LogP contribution < -0.4 is 5.73 Å². The van der Waals surface area contributed by atoms with Crippen LogP contribution in [-0.4, -0.2) is 41.7 Å². The molecule has 1 heterocycles. The zero-order valence-corrected chi connectivity index (χ0v) is 11.8. The summed E-state index contributed by atoms with van der Waals surface area (Å²) in [6.45, 7) is 6.31. The Kier molecular flexibility index (Phi) is 6.65. The van der Waals surface area contributed by atoms with E-state index >= 15 is 0 Å². The zero-order chi connectivity index (χ0) is 13.5. The van der Waals surface area contributed by atoms with Crippen molar-refractivity contribution < 1.29 is 9.90 Å². The molecule has 0 aromatic rings. The topological polar surface area (TPSA) is 66.6 Å². The molecule has 2 atom stereocenters. The maximum absolute atomic E-state index is 12.0. The molecule has 106 valence electrons. The van der Waals surface area contributed by atoms with Crippen molar-refractivity contribution in [1.82, 2.24) is 4.90 Å². The number of nitrogens with two attached hydrogens (primary N) is 1. The molecule has 1 fully saturated rings. The van der Waals surface area contributed by atoms with Crippen LogP contribution in [0.5, 0.6) is 0 Å². The summed E-state index contributed by atoms with van der Waals surface area (Å²) < 4.78 is 0. The van der Waals surface area contributed by atoms with E-state index in [1.807, 2.05) is 11.8 Å². The number of likely N-dealkylation sites (tertiary alicyclic amines) is 1. The lowest BCUT2D eigenvalue weighted by Crippen LogP contribution is -2.40. The minimum atomic E-state index is -0.244. The molecule has 1 amide bonds. The van der Waals surface area contributed by atoms with Crippen LogP contribution in [-0.2, 0) is 4.79 Å². The van der Waals surface area contributed by atoms with Gasteiger partial charge in [0.1, 0.15) is 0 Å². The molecule has 1 rings (SSSR count). The van der Waals surface area contributed by atoms with Crippen molar-refractivity contribution in [2.45, 2.75) is 52.1 Å². The summed E-state index contributed by atoms with van der Waals surface area (Å²) in [5.74, 6) is 1.17. The highest BCUT2D eigenvalue weighted by molar-refractivity contribution is 5.76. The molecule has 1 saturated heterocycles. The number of nitrogens with zero attached hydrogens (tertiary/aromatic N) is 1. The predicted octanol–water partition coefficient (Wildman–Crippen LogP) is 1.37.